The molecule has 0 aliphatic rings. The fraction of sp³-hybridized carbons (Fsp3) is 0.222. The molecule has 0 aliphatic heterocycles. The highest BCUT2D eigenvalue weighted by Crippen LogP contribution is 2.19. The largest absolute Gasteiger partial charge is 0.324 e. The van der Waals surface area contributed by atoms with Crippen LogP contribution < -0.4 is 5.32 Å². The summed E-state index contributed by atoms with van der Waals surface area (Å²) in [7, 11) is 0. The molecule has 6 nitrogen and oxygen atoms in total. The number of aromatic nitrogens is 4. The van der Waals surface area contributed by atoms with Crippen molar-refractivity contribution in [3.63, 3.8) is 0 Å². The van der Waals surface area contributed by atoms with E-state index in [1.807, 2.05) is 63.2 Å². The summed E-state index contributed by atoms with van der Waals surface area (Å²) in [5, 5.41) is 15.2. The number of anilines is 1. The predicted octanol–water partition coefficient (Wildman–Crippen LogP) is 2.90. The number of carbonyl (C=O) groups excluding carboxylic acids is 1. The third-order valence-corrected chi connectivity index (χ3v) is 4.00. The summed E-state index contributed by atoms with van der Waals surface area (Å²) in [5.41, 5.74) is 4.97. The van der Waals surface area contributed by atoms with Gasteiger partial charge in [-0.3, -0.25) is 4.79 Å². The van der Waals surface area contributed by atoms with Crippen LogP contribution in [0.2, 0.25) is 0 Å². The lowest BCUT2D eigenvalue weighted by Gasteiger charge is -2.09. The Hall–Kier alpha value is -3.02. The monoisotopic (exact) mass is 321 g/mol. The summed E-state index contributed by atoms with van der Waals surface area (Å²) in [6.45, 7) is 6.00. The molecule has 24 heavy (non-hydrogen) atoms. The summed E-state index contributed by atoms with van der Waals surface area (Å²) in [5.74, 6) is 0.338. The summed E-state index contributed by atoms with van der Waals surface area (Å²) in [6, 6.07) is 13.6. The highest BCUT2D eigenvalue weighted by atomic mass is 16.2. The fourth-order valence-electron chi connectivity index (χ4n) is 2.45. The van der Waals surface area contributed by atoms with Gasteiger partial charge < -0.3 is 5.32 Å². The van der Waals surface area contributed by atoms with Crippen molar-refractivity contribution in [1.82, 2.24) is 20.2 Å². The topological polar surface area (TPSA) is 72.7 Å². The van der Waals surface area contributed by atoms with Crippen molar-refractivity contribution in [2.45, 2.75) is 27.3 Å². The first kappa shape index (κ1) is 15.9. The van der Waals surface area contributed by atoms with Crippen LogP contribution in [-0.4, -0.2) is 26.1 Å². The molecule has 0 aliphatic carbocycles. The van der Waals surface area contributed by atoms with Gasteiger partial charge in [0.25, 0.3) is 0 Å². The number of tetrazole rings is 1. The van der Waals surface area contributed by atoms with Gasteiger partial charge in [-0.2, -0.15) is 4.80 Å². The highest BCUT2D eigenvalue weighted by molar-refractivity contribution is 5.91. The third-order valence-electron chi connectivity index (χ3n) is 4.00. The van der Waals surface area contributed by atoms with Crippen LogP contribution in [0, 0.1) is 20.8 Å². The number of amides is 1. The predicted molar refractivity (Wildman–Crippen MR) is 92.5 cm³/mol. The quantitative estimate of drug-likeness (QED) is 0.802. The number of nitrogens with zero attached hydrogens (tertiary/aromatic N) is 4. The zero-order valence-corrected chi connectivity index (χ0v) is 13.9. The van der Waals surface area contributed by atoms with Gasteiger partial charge in [0.15, 0.2) is 0 Å². The summed E-state index contributed by atoms with van der Waals surface area (Å²) in [6.07, 6.45) is 0. The zero-order chi connectivity index (χ0) is 17.1. The number of rotatable bonds is 4. The minimum atomic E-state index is -0.183. The van der Waals surface area contributed by atoms with Gasteiger partial charge in [0, 0.05) is 11.3 Å². The van der Waals surface area contributed by atoms with E-state index in [0.717, 1.165) is 27.9 Å². The lowest BCUT2D eigenvalue weighted by atomic mass is 10.1. The molecule has 3 rings (SSSR count). The van der Waals surface area contributed by atoms with Crippen molar-refractivity contribution in [1.29, 1.82) is 0 Å². The maximum atomic E-state index is 12.2. The molecule has 1 heterocycles. The number of hydrogen-bond acceptors (Lipinski definition) is 4. The van der Waals surface area contributed by atoms with Gasteiger partial charge in [-0.15, -0.1) is 10.2 Å². The molecule has 0 bridgehead atoms. The number of nitrogens with one attached hydrogen (secondary N) is 1. The molecule has 1 N–H and O–H groups in total. The van der Waals surface area contributed by atoms with E-state index >= 15 is 0 Å². The number of hydrogen-bond donors (Lipinski definition) is 1. The fourth-order valence-corrected chi connectivity index (χ4v) is 2.45. The van der Waals surface area contributed by atoms with Crippen molar-refractivity contribution in [2.24, 2.45) is 0 Å². The number of carbonyl (C=O) groups is 1. The minimum Gasteiger partial charge on any atom is -0.324 e. The van der Waals surface area contributed by atoms with E-state index in [-0.39, 0.29) is 12.5 Å². The number of aryl methyl sites for hydroxylation is 2. The molecule has 0 spiro atoms. The smallest absolute Gasteiger partial charge is 0.248 e. The second-order valence-electron chi connectivity index (χ2n) is 5.75. The molecule has 1 amide bonds. The van der Waals surface area contributed by atoms with Crippen LogP contribution in [-0.2, 0) is 11.3 Å². The van der Waals surface area contributed by atoms with Crippen LogP contribution in [0.5, 0.6) is 0 Å². The first-order valence-corrected chi connectivity index (χ1v) is 7.74. The van der Waals surface area contributed by atoms with E-state index in [0.29, 0.717) is 5.82 Å². The van der Waals surface area contributed by atoms with E-state index in [4.69, 9.17) is 0 Å². The van der Waals surface area contributed by atoms with E-state index < -0.39 is 0 Å². The van der Waals surface area contributed by atoms with E-state index in [1.165, 1.54) is 4.80 Å². The molecular formula is C18H19N5O. The first-order chi connectivity index (χ1) is 11.5. The summed E-state index contributed by atoms with van der Waals surface area (Å²) >= 11 is 0. The van der Waals surface area contributed by atoms with Crippen molar-refractivity contribution >= 4 is 11.6 Å². The van der Waals surface area contributed by atoms with Gasteiger partial charge in [-0.05, 0) is 48.7 Å². The number of benzene rings is 2. The zero-order valence-electron chi connectivity index (χ0n) is 13.9. The van der Waals surface area contributed by atoms with Crippen molar-refractivity contribution in [2.75, 3.05) is 5.32 Å². The van der Waals surface area contributed by atoms with Crippen molar-refractivity contribution < 1.29 is 4.79 Å². The first-order valence-electron chi connectivity index (χ1n) is 7.74. The molecule has 6 heteroatoms. The highest BCUT2D eigenvalue weighted by Gasteiger charge is 2.12. The summed E-state index contributed by atoms with van der Waals surface area (Å²) in [4.78, 5) is 13.5. The van der Waals surface area contributed by atoms with Gasteiger partial charge in [0.05, 0.1) is 0 Å². The van der Waals surface area contributed by atoms with E-state index in [2.05, 4.69) is 20.7 Å². The SMILES string of the molecule is Cc1ccccc1-c1nnn(CC(=O)Nc2cccc(C)c2C)n1. The standard InChI is InChI=1S/C18H19N5O/c1-12-8-6-10-16(14(12)3)19-17(24)11-23-21-18(20-22-23)15-9-5-4-7-13(15)2/h4-10H,11H2,1-3H3,(H,19,24). The Bertz CT molecular complexity index is 885. The van der Waals surface area contributed by atoms with E-state index in [1.54, 1.807) is 0 Å². The van der Waals surface area contributed by atoms with Crippen LogP contribution in [0.4, 0.5) is 5.69 Å². The second kappa shape index (κ2) is 6.62. The Morgan fingerprint density at radius 3 is 2.58 bits per heavy atom. The lowest BCUT2D eigenvalue weighted by Crippen LogP contribution is -2.21. The molecule has 0 radical (unpaired) electrons. The average Bonchev–Trinajstić information content (AvgIpc) is 3.00. The van der Waals surface area contributed by atoms with Crippen LogP contribution >= 0.6 is 0 Å². The Morgan fingerprint density at radius 2 is 1.79 bits per heavy atom. The Balaban J connectivity index is 1.72. The molecular weight excluding hydrogens is 302 g/mol. The van der Waals surface area contributed by atoms with Crippen LogP contribution in [0.25, 0.3) is 11.4 Å². The Kier molecular flexibility index (Phi) is 4.37. The second-order valence-corrected chi connectivity index (χ2v) is 5.75. The van der Waals surface area contributed by atoms with E-state index in [9.17, 15) is 4.79 Å². The van der Waals surface area contributed by atoms with Crippen LogP contribution in [0.15, 0.2) is 42.5 Å². The van der Waals surface area contributed by atoms with Crippen LogP contribution in [0.3, 0.4) is 0 Å². The molecule has 0 saturated carbocycles. The minimum absolute atomic E-state index is 0.0201. The van der Waals surface area contributed by atoms with Gasteiger partial charge in [-0.1, -0.05) is 36.4 Å². The maximum absolute atomic E-state index is 12.2. The van der Waals surface area contributed by atoms with Crippen molar-refractivity contribution in [3.05, 3.63) is 59.2 Å². The van der Waals surface area contributed by atoms with Gasteiger partial charge in [-0.25, -0.2) is 0 Å². The maximum Gasteiger partial charge on any atom is 0.248 e. The molecule has 3 aromatic rings. The summed E-state index contributed by atoms with van der Waals surface area (Å²) < 4.78 is 0. The van der Waals surface area contributed by atoms with Gasteiger partial charge >= 0.3 is 0 Å². The average molecular weight is 321 g/mol. The molecule has 0 unspecified atom stereocenters. The Morgan fingerprint density at radius 1 is 1.04 bits per heavy atom. The molecule has 0 fully saturated rings. The van der Waals surface area contributed by atoms with Crippen molar-refractivity contribution in [3.8, 4) is 11.4 Å². The normalized spacial score (nSPS) is 10.6. The molecule has 1 aromatic heterocycles. The lowest BCUT2D eigenvalue weighted by molar-refractivity contribution is -0.117. The van der Waals surface area contributed by atoms with Gasteiger partial charge in [0.1, 0.15) is 6.54 Å². The molecule has 2 aromatic carbocycles. The Labute approximate surface area is 140 Å². The van der Waals surface area contributed by atoms with Crippen LogP contribution in [0.1, 0.15) is 16.7 Å². The molecule has 0 atom stereocenters. The van der Waals surface area contributed by atoms with Gasteiger partial charge in [0.2, 0.25) is 11.7 Å². The molecule has 0 saturated heterocycles. The third kappa shape index (κ3) is 3.32. The molecule has 122 valence electrons.